The average Bonchev–Trinajstić information content (AvgIpc) is 2.56. The standard InChI is InChI=1S/C10H14F3N3O2/c1-7-8(5-14-15(7)2)9(18)16(3-4-17)6-10(11,12)13/h5,17H,3-4,6H2,1-2H3. The Morgan fingerprint density at radius 3 is 2.56 bits per heavy atom. The highest BCUT2D eigenvalue weighted by Crippen LogP contribution is 2.18. The van der Waals surface area contributed by atoms with Crippen LogP contribution in [-0.2, 0) is 7.05 Å². The van der Waals surface area contributed by atoms with Crippen LogP contribution < -0.4 is 0 Å². The molecule has 0 aliphatic heterocycles. The molecule has 0 fully saturated rings. The van der Waals surface area contributed by atoms with Crippen molar-refractivity contribution in [3.63, 3.8) is 0 Å². The van der Waals surface area contributed by atoms with Gasteiger partial charge < -0.3 is 10.0 Å². The van der Waals surface area contributed by atoms with Gasteiger partial charge in [0.25, 0.3) is 5.91 Å². The summed E-state index contributed by atoms with van der Waals surface area (Å²) in [5.41, 5.74) is 0.584. The molecule has 1 heterocycles. The van der Waals surface area contributed by atoms with Crippen molar-refractivity contribution >= 4 is 5.91 Å². The molecule has 8 heteroatoms. The number of aliphatic hydroxyl groups is 1. The summed E-state index contributed by atoms with van der Waals surface area (Å²) in [6, 6.07) is 0. The van der Waals surface area contributed by atoms with Crippen LogP contribution in [0.3, 0.4) is 0 Å². The number of amides is 1. The number of hydrogen-bond acceptors (Lipinski definition) is 3. The topological polar surface area (TPSA) is 58.4 Å². The molecule has 0 aliphatic carbocycles. The molecule has 0 spiro atoms. The molecule has 5 nitrogen and oxygen atoms in total. The highest BCUT2D eigenvalue weighted by atomic mass is 19.4. The van der Waals surface area contributed by atoms with E-state index in [0.717, 1.165) is 0 Å². The van der Waals surface area contributed by atoms with Crippen LogP contribution in [0.25, 0.3) is 0 Å². The van der Waals surface area contributed by atoms with Crippen LogP contribution in [0.4, 0.5) is 13.2 Å². The van der Waals surface area contributed by atoms with Crippen molar-refractivity contribution in [2.24, 2.45) is 7.05 Å². The number of alkyl halides is 3. The van der Waals surface area contributed by atoms with Crippen LogP contribution in [0.15, 0.2) is 6.20 Å². The van der Waals surface area contributed by atoms with Gasteiger partial charge in [-0.25, -0.2) is 0 Å². The molecule has 0 bridgehead atoms. The second kappa shape index (κ2) is 5.38. The molecular weight excluding hydrogens is 251 g/mol. The van der Waals surface area contributed by atoms with E-state index >= 15 is 0 Å². The van der Waals surface area contributed by atoms with Crippen molar-refractivity contribution in [3.8, 4) is 0 Å². The zero-order chi connectivity index (χ0) is 13.9. The van der Waals surface area contributed by atoms with Crippen molar-refractivity contribution in [3.05, 3.63) is 17.5 Å². The van der Waals surface area contributed by atoms with Gasteiger partial charge in [-0.2, -0.15) is 18.3 Å². The molecule has 102 valence electrons. The van der Waals surface area contributed by atoms with Gasteiger partial charge in [0.1, 0.15) is 6.54 Å². The smallest absolute Gasteiger partial charge is 0.395 e. The molecule has 1 rings (SSSR count). The lowest BCUT2D eigenvalue weighted by Crippen LogP contribution is -2.40. The van der Waals surface area contributed by atoms with E-state index < -0.39 is 25.2 Å². The van der Waals surface area contributed by atoms with E-state index in [2.05, 4.69) is 5.10 Å². The molecule has 0 aliphatic rings. The quantitative estimate of drug-likeness (QED) is 0.873. The van der Waals surface area contributed by atoms with Crippen molar-refractivity contribution in [2.75, 3.05) is 19.7 Å². The van der Waals surface area contributed by atoms with E-state index in [1.807, 2.05) is 0 Å². The number of aliphatic hydroxyl groups excluding tert-OH is 1. The number of carbonyl (C=O) groups is 1. The van der Waals surface area contributed by atoms with Gasteiger partial charge in [-0.15, -0.1) is 0 Å². The summed E-state index contributed by atoms with van der Waals surface area (Å²) in [4.78, 5) is 12.5. The predicted octanol–water partition coefficient (Wildman–Crippen LogP) is 0.725. The lowest BCUT2D eigenvalue weighted by Gasteiger charge is -2.22. The predicted molar refractivity (Wildman–Crippen MR) is 57.0 cm³/mol. The zero-order valence-electron chi connectivity index (χ0n) is 10.0. The zero-order valence-corrected chi connectivity index (χ0v) is 10.0. The Morgan fingerprint density at radius 2 is 2.17 bits per heavy atom. The number of halogens is 3. The van der Waals surface area contributed by atoms with Crippen LogP contribution in [0, 0.1) is 6.92 Å². The summed E-state index contributed by atoms with van der Waals surface area (Å²) in [7, 11) is 1.59. The van der Waals surface area contributed by atoms with Gasteiger partial charge in [-0.05, 0) is 6.92 Å². The van der Waals surface area contributed by atoms with Gasteiger partial charge >= 0.3 is 6.18 Å². The minimum absolute atomic E-state index is 0.107. The second-order valence-corrected chi connectivity index (χ2v) is 3.83. The Labute approximate surface area is 102 Å². The molecule has 1 aromatic rings. The number of nitrogens with zero attached hydrogens (tertiary/aromatic N) is 3. The molecule has 0 unspecified atom stereocenters. The Kier molecular flexibility index (Phi) is 4.33. The van der Waals surface area contributed by atoms with Gasteiger partial charge in [0.15, 0.2) is 0 Å². The van der Waals surface area contributed by atoms with Crippen LogP contribution in [0.1, 0.15) is 16.1 Å². The number of rotatable bonds is 4. The number of aryl methyl sites for hydroxylation is 1. The molecule has 0 aromatic carbocycles. The van der Waals surface area contributed by atoms with E-state index in [0.29, 0.717) is 10.6 Å². The fourth-order valence-electron chi connectivity index (χ4n) is 1.47. The largest absolute Gasteiger partial charge is 0.406 e. The summed E-state index contributed by atoms with van der Waals surface area (Å²) < 4.78 is 38.3. The Hall–Kier alpha value is -1.57. The van der Waals surface area contributed by atoms with E-state index in [9.17, 15) is 18.0 Å². The third-order valence-electron chi connectivity index (χ3n) is 2.49. The average molecular weight is 265 g/mol. The van der Waals surface area contributed by atoms with Gasteiger partial charge in [0.05, 0.1) is 18.4 Å². The lowest BCUT2D eigenvalue weighted by atomic mass is 10.2. The SMILES string of the molecule is Cc1c(C(=O)N(CCO)CC(F)(F)F)cnn1C. The molecule has 1 N–H and O–H groups in total. The molecule has 1 aromatic heterocycles. The second-order valence-electron chi connectivity index (χ2n) is 3.83. The monoisotopic (exact) mass is 265 g/mol. The molecule has 0 radical (unpaired) electrons. The fourth-order valence-corrected chi connectivity index (χ4v) is 1.47. The van der Waals surface area contributed by atoms with E-state index in [-0.39, 0.29) is 12.1 Å². The normalized spacial score (nSPS) is 11.7. The minimum atomic E-state index is -4.50. The first-order valence-electron chi connectivity index (χ1n) is 5.21. The molecule has 0 saturated carbocycles. The van der Waals surface area contributed by atoms with Crippen molar-refractivity contribution in [2.45, 2.75) is 13.1 Å². The van der Waals surface area contributed by atoms with E-state index in [4.69, 9.17) is 5.11 Å². The maximum absolute atomic E-state index is 12.3. The summed E-state index contributed by atoms with van der Waals surface area (Å²) in [5.74, 6) is -0.785. The molecule has 0 atom stereocenters. The molecule has 1 amide bonds. The number of carbonyl (C=O) groups excluding carboxylic acids is 1. The molecule has 18 heavy (non-hydrogen) atoms. The van der Waals surface area contributed by atoms with Crippen molar-refractivity contribution < 1.29 is 23.1 Å². The highest BCUT2D eigenvalue weighted by Gasteiger charge is 2.33. The van der Waals surface area contributed by atoms with Crippen LogP contribution in [0.2, 0.25) is 0 Å². The minimum Gasteiger partial charge on any atom is -0.395 e. The van der Waals surface area contributed by atoms with Crippen LogP contribution in [0.5, 0.6) is 0 Å². The lowest BCUT2D eigenvalue weighted by molar-refractivity contribution is -0.141. The Morgan fingerprint density at radius 1 is 1.56 bits per heavy atom. The molecular formula is C10H14F3N3O2. The highest BCUT2D eigenvalue weighted by molar-refractivity contribution is 5.95. The van der Waals surface area contributed by atoms with Crippen molar-refractivity contribution in [1.82, 2.24) is 14.7 Å². The third kappa shape index (κ3) is 3.46. The van der Waals surface area contributed by atoms with Gasteiger partial charge in [-0.1, -0.05) is 0 Å². The first-order chi connectivity index (χ1) is 8.26. The first kappa shape index (κ1) is 14.5. The van der Waals surface area contributed by atoms with Crippen LogP contribution in [-0.4, -0.2) is 51.6 Å². The number of aromatic nitrogens is 2. The van der Waals surface area contributed by atoms with Crippen LogP contribution >= 0.6 is 0 Å². The number of hydrogen-bond donors (Lipinski definition) is 1. The summed E-state index contributed by atoms with van der Waals surface area (Å²) in [6.07, 6.45) is -3.28. The molecule has 0 saturated heterocycles. The maximum Gasteiger partial charge on any atom is 0.406 e. The fraction of sp³-hybridized carbons (Fsp3) is 0.600. The summed E-state index contributed by atoms with van der Waals surface area (Å²) in [6.45, 7) is -0.695. The van der Waals surface area contributed by atoms with E-state index in [1.165, 1.54) is 10.9 Å². The summed E-state index contributed by atoms with van der Waals surface area (Å²) >= 11 is 0. The Bertz CT molecular complexity index is 428. The Balaban J connectivity index is 2.92. The first-order valence-corrected chi connectivity index (χ1v) is 5.21. The van der Waals surface area contributed by atoms with E-state index in [1.54, 1.807) is 14.0 Å². The van der Waals surface area contributed by atoms with Gasteiger partial charge in [-0.3, -0.25) is 9.48 Å². The maximum atomic E-state index is 12.3. The summed E-state index contributed by atoms with van der Waals surface area (Å²) in [5, 5.41) is 12.5. The third-order valence-corrected chi connectivity index (χ3v) is 2.49. The van der Waals surface area contributed by atoms with Gasteiger partial charge in [0.2, 0.25) is 0 Å². The van der Waals surface area contributed by atoms with Crippen molar-refractivity contribution in [1.29, 1.82) is 0 Å². The van der Waals surface area contributed by atoms with Gasteiger partial charge in [0, 0.05) is 19.3 Å².